The van der Waals surface area contributed by atoms with E-state index in [1.165, 1.54) is 11.3 Å². The Morgan fingerprint density at radius 1 is 1.23 bits per heavy atom. The van der Waals surface area contributed by atoms with Gasteiger partial charge in [0.25, 0.3) is 5.91 Å². The number of ether oxygens (including phenoxy) is 1. The van der Waals surface area contributed by atoms with Crippen LogP contribution in [-0.2, 0) is 0 Å². The van der Waals surface area contributed by atoms with Crippen LogP contribution in [0.25, 0.3) is 11.3 Å². The molecular weight excluding hydrogens is 434 g/mol. The molecule has 1 heterocycles. The first-order valence-corrected chi connectivity index (χ1v) is 9.61. The number of nitrogens with one attached hydrogen (secondary N) is 2. The van der Waals surface area contributed by atoms with Crippen LogP contribution in [0.1, 0.15) is 10.4 Å². The molecule has 0 bridgehead atoms. The molecule has 132 valence electrons. The largest absolute Gasteiger partial charge is 0.496 e. The van der Waals surface area contributed by atoms with Gasteiger partial charge in [0.1, 0.15) is 5.75 Å². The third-order valence-electron chi connectivity index (χ3n) is 3.44. The van der Waals surface area contributed by atoms with Crippen molar-refractivity contribution < 1.29 is 9.53 Å². The first-order chi connectivity index (χ1) is 12.6. The molecule has 5 nitrogen and oxygen atoms in total. The molecule has 0 atom stereocenters. The quantitative estimate of drug-likeness (QED) is 0.567. The number of thiazole rings is 1. The van der Waals surface area contributed by atoms with Gasteiger partial charge in [-0.1, -0.05) is 30.3 Å². The van der Waals surface area contributed by atoms with Crippen molar-refractivity contribution in [3.05, 3.63) is 63.9 Å². The lowest BCUT2D eigenvalue weighted by atomic mass is 10.2. The highest BCUT2D eigenvalue weighted by molar-refractivity contribution is 9.10. The van der Waals surface area contributed by atoms with Crippen molar-refractivity contribution in [2.24, 2.45) is 0 Å². The molecule has 3 rings (SSSR count). The van der Waals surface area contributed by atoms with E-state index < -0.39 is 0 Å². The minimum Gasteiger partial charge on any atom is -0.496 e. The molecule has 0 aliphatic heterocycles. The van der Waals surface area contributed by atoms with E-state index in [0.717, 1.165) is 11.3 Å². The lowest BCUT2D eigenvalue weighted by Crippen LogP contribution is -2.34. The van der Waals surface area contributed by atoms with Crippen LogP contribution in [-0.4, -0.2) is 23.1 Å². The summed E-state index contributed by atoms with van der Waals surface area (Å²) in [7, 11) is 1.57. The summed E-state index contributed by atoms with van der Waals surface area (Å²) < 4.78 is 5.85. The van der Waals surface area contributed by atoms with Gasteiger partial charge in [-0.25, -0.2) is 4.98 Å². The number of hydrogen-bond acceptors (Lipinski definition) is 5. The second kappa shape index (κ2) is 8.39. The third-order valence-corrected chi connectivity index (χ3v) is 5.02. The van der Waals surface area contributed by atoms with Crippen LogP contribution >= 0.6 is 39.5 Å². The van der Waals surface area contributed by atoms with Gasteiger partial charge >= 0.3 is 0 Å². The number of carbonyl (C=O) groups excluding carboxylic acids is 1. The lowest BCUT2D eigenvalue weighted by Gasteiger charge is -2.09. The van der Waals surface area contributed by atoms with E-state index in [0.29, 0.717) is 20.9 Å². The molecule has 0 radical (unpaired) electrons. The van der Waals surface area contributed by atoms with E-state index in [1.807, 2.05) is 35.7 Å². The van der Waals surface area contributed by atoms with Crippen LogP contribution in [0, 0.1) is 0 Å². The summed E-state index contributed by atoms with van der Waals surface area (Å²) in [6, 6.07) is 14.9. The van der Waals surface area contributed by atoms with Gasteiger partial charge in [-0.15, -0.1) is 11.3 Å². The van der Waals surface area contributed by atoms with Gasteiger partial charge in [0.05, 0.1) is 17.3 Å². The number of aromatic nitrogens is 1. The van der Waals surface area contributed by atoms with Crippen LogP contribution in [0.15, 0.2) is 58.4 Å². The van der Waals surface area contributed by atoms with Crippen LogP contribution in [0.3, 0.4) is 0 Å². The molecule has 0 aliphatic rings. The van der Waals surface area contributed by atoms with Crippen LogP contribution in [0.5, 0.6) is 5.75 Å². The zero-order valence-electron chi connectivity index (χ0n) is 13.7. The van der Waals surface area contributed by atoms with Crippen LogP contribution in [0.4, 0.5) is 5.13 Å². The predicted molar refractivity (Wildman–Crippen MR) is 112 cm³/mol. The van der Waals surface area contributed by atoms with E-state index in [2.05, 4.69) is 31.5 Å². The van der Waals surface area contributed by atoms with Crippen molar-refractivity contribution in [2.75, 3.05) is 12.4 Å². The molecule has 0 saturated heterocycles. The topological polar surface area (TPSA) is 63.2 Å². The molecule has 0 spiro atoms. The summed E-state index contributed by atoms with van der Waals surface area (Å²) in [6.07, 6.45) is 0. The number of methoxy groups -OCH3 is 1. The molecule has 8 heteroatoms. The molecule has 0 aliphatic carbocycles. The Morgan fingerprint density at radius 3 is 2.69 bits per heavy atom. The van der Waals surface area contributed by atoms with Gasteiger partial charge in [0.15, 0.2) is 10.2 Å². The minimum absolute atomic E-state index is 0.191. The zero-order valence-corrected chi connectivity index (χ0v) is 16.9. The number of amides is 1. The fourth-order valence-electron chi connectivity index (χ4n) is 2.18. The molecule has 26 heavy (non-hydrogen) atoms. The number of thiocarbonyl (C=S) groups is 1. The average Bonchev–Trinajstić information content (AvgIpc) is 3.10. The number of rotatable bonds is 4. The van der Waals surface area contributed by atoms with Gasteiger partial charge in [-0.05, 0) is 46.3 Å². The lowest BCUT2D eigenvalue weighted by molar-refractivity contribution is 0.0977. The van der Waals surface area contributed by atoms with Crippen molar-refractivity contribution in [3.63, 3.8) is 0 Å². The second-order valence-electron chi connectivity index (χ2n) is 5.16. The maximum Gasteiger partial charge on any atom is 0.257 e. The molecule has 1 aromatic heterocycles. The average molecular weight is 448 g/mol. The molecular formula is C18H14BrN3O2S2. The SMILES string of the molecule is COc1ccc(C(=O)NC(=S)Nc2nc(-c3ccccc3)cs2)cc1Br. The number of nitrogens with zero attached hydrogens (tertiary/aromatic N) is 1. The molecule has 0 fully saturated rings. The Hall–Kier alpha value is -2.29. The monoisotopic (exact) mass is 447 g/mol. The van der Waals surface area contributed by atoms with E-state index in [-0.39, 0.29) is 11.0 Å². The van der Waals surface area contributed by atoms with Gasteiger partial charge < -0.3 is 10.1 Å². The molecule has 2 aromatic carbocycles. The number of anilines is 1. The summed E-state index contributed by atoms with van der Waals surface area (Å²) in [5, 5.41) is 8.32. The first-order valence-electron chi connectivity index (χ1n) is 7.53. The standard InChI is InChI=1S/C18H14BrN3O2S2/c1-24-15-8-7-12(9-13(15)19)16(23)21-17(25)22-18-20-14(10-26-18)11-5-3-2-4-6-11/h2-10H,1H3,(H2,20,21,22,23,25). The zero-order chi connectivity index (χ0) is 18.5. The highest BCUT2D eigenvalue weighted by Crippen LogP contribution is 2.26. The van der Waals surface area contributed by atoms with E-state index in [9.17, 15) is 4.79 Å². The predicted octanol–water partition coefficient (Wildman–Crippen LogP) is 4.71. The fourth-order valence-corrected chi connectivity index (χ4v) is 3.70. The highest BCUT2D eigenvalue weighted by Gasteiger charge is 2.12. The van der Waals surface area contributed by atoms with Crippen LogP contribution < -0.4 is 15.4 Å². The maximum absolute atomic E-state index is 12.3. The Kier molecular flexibility index (Phi) is 5.97. The Morgan fingerprint density at radius 2 is 2.00 bits per heavy atom. The van der Waals surface area contributed by atoms with E-state index in [4.69, 9.17) is 17.0 Å². The summed E-state index contributed by atoms with van der Waals surface area (Å²) in [5.74, 6) is 0.337. The molecule has 1 amide bonds. The van der Waals surface area contributed by atoms with E-state index >= 15 is 0 Å². The number of carbonyl (C=O) groups is 1. The summed E-state index contributed by atoms with van der Waals surface area (Å²) >= 11 is 9.98. The smallest absolute Gasteiger partial charge is 0.257 e. The summed E-state index contributed by atoms with van der Waals surface area (Å²) in [5.41, 5.74) is 2.34. The van der Waals surface area contributed by atoms with Gasteiger partial charge in [-0.3, -0.25) is 10.1 Å². The molecule has 0 saturated carbocycles. The van der Waals surface area contributed by atoms with Crippen molar-refractivity contribution in [3.8, 4) is 17.0 Å². The summed E-state index contributed by atoms with van der Waals surface area (Å²) in [4.78, 5) is 16.8. The van der Waals surface area contributed by atoms with Gasteiger partial charge in [-0.2, -0.15) is 0 Å². The Balaban J connectivity index is 1.63. The van der Waals surface area contributed by atoms with Gasteiger partial charge in [0.2, 0.25) is 0 Å². The minimum atomic E-state index is -0.314. The van der Waals surface area contributed by atoms with Gasteiger partial charge in [0, 0.05) is 16.5 Å². The van der Waals surface area contributed by atoms with Crippen molar-refractivity contribution in [1.29, 1.82) is 0 Å². The third kappa shape index (κ3) is 4.46. The number of benzene rings is 2. The first kappa shape index (κ1) is 18.5. The maximum atomic E-state index is 12.3. The molecule has 3 aromatic rings. The molecule has 2 N–H and O–H groups in total. The summed E-state index contributed by atoms with van der Waals surface area (Å²) in [6.45, 7) is 0. The Labute approximate surface area is 168 Å². The normalized spacial score (nSPS) is 10.2. The van der Waals surface area contributed by atoms with Crippen molar-refractivity contribution in [2.45, 2.75) is 0 Å². The fraction of sp³-hybridized carbons (Fsp3) is 0.0556. The molecule has 0 unspecified atom stereocenters. The number of hydrogen-bond donors (Lipinski definition) is 2. The Bertz CT molecular complexity index is 945. The number of halogens is 1. The second-order valence-corrected chi connectivity index (χ2v) is 7.28. The van der Waals surface area contributed by atoms with Crippen LogP contribution in [0.2, 0.25) is 0 Å². The van der Waals surface area contributed by atoms with E-state index in [1.54, 1.807) is 25.3 Å². The van der Waals surface area contributed by atoms with Crippen molar-refractivity contribution >= 4 is 55.6 Å². The van der Waals surface area contributed by atoms with Crippen molar-refractivity contribution in [1.82, 2.24) is 10.3 Å². The highest BCUT2D eigenvalue weighted by atomic mass is 79.9.